The van der Waals surface area contributed by atoms with Crippen molar-refractivity contribution in [3.05, 3.63) is 83.8 Å². The maximum atomic E-state index is 13.6. The molecular formula is C21H15ClFN5O3S. The van der Waals surface area contributed by atoms with Gasteiger partial charge in [0.25, 0.3) is 5.91 Å². The minimum atomic E-state index is -3.51. The molecule has 32 heavy (non-hydrogen) atoms. The largest absolute Gasteiger partial charge is 0.322 e. The van der Waals surface area contributed by atoms with E-state index in [2.05, 4.69) is 20.4 Å². The Bertz CT molecular complexity index is 1440. The van der Waals surface area contributed by atoms with Gasteiger partial charge in [0.1, 0.15) is 5.82 Å². The van der Waals surface area contributed by atoms with Crippen LogP contribution in [-0.4, -0.2) is 40.3 Å². The summed E-state index contributed by atoms with van der Waals surface area (Å²) in [5, 5.41) is 6.97. The van der Waals surface area contributed by atoms with E-state index in [1.165, 1.54) is 47.5 Å². The normalized spacial score (nSPS) is 11.3. The Morgan fingerprint density at radius 3 is 2.72 bits per heavy atom. The second kappa shape index (κ2) is 8.48. The van der Waals surface area contributed by atoms with E-state index in [1.807, 2.05) is 0 Å². The molecule has 0 unspecified atom stereocenters. The van der Waals surface area contributed by atoms with Gasteiger partial charge in [-0.1, -0.05) is 11.6 Å². The first-order chi connectivity index (χ1) is 15.2. The molecule has 4 aromatic rings. The molecule has 0 aliphatic carbocycles. The predicted octanol–water partition coefficient (Wildman–Crippen LogP) is 3.78. The number of aromatic nitrogens is 4. The van der Waals surface area contributed by atoms with E-state index in [0.29, 0.717) is 16.9 Å². The number of amides is 1. The van der Waals surface area contributed by atoms with Crippen LogP contribution in [0.5, 0.6) is 0 Å². The second-order valence-electron chi connectivity index (χ2n) is 6.84. The summed E-state index contributed by atoms with van der Waals surface area (Å²) in [6.45, 7) is 0. The Morgan fingerprint density at radius 2 is 1.97 bits per heavy atom. The van der Waals surface area contributed by atoms with Crippen LogP contribution < -0.4 is 5.32 Å². The van der Waals surface area contributed by atoms with Crippen LogP contribution in [0, 0.1) is 5.82 Å². The molecule has 0 aliphatic rings. The molecular weight excluding hydrogens is 457 g/mol. The Morgan fingerprint density at radius 1 is 1.16 bits per heavy atom. The van der Waals surface area contributed by atoms with E-state index in [1.54, 1.807) is 18.3 Å². The van der Waals surface area contributed by atoms with Gasteiger partial charge in [-0.05, 0) is 36.4 Å². The van der Waals surface area contributed by atoms with Crippen LogP contribution in [0.1, 0.15) is 10.4 Å². The molecule has 11 heteroatoms. The lowest BCUT2D eigenvalue weighted by Gasteiger charge is -2.08. The molecule has 0 atom stereocenters. The zero-order valence-corrected chi connectivity index (χ0v) is 18.1. The first kappa shape index (κ1) is 21.6. The molecule has 8 nitrogen and oxygen atoms in total. The van der Waals surface area contributed by atoms with Gasteiger partial charge >= 0.3 is 0 Å². The van der Waals surface area contributed by atoms with E-state index in [0.717, 1.165) is 12.5 Å². The molecule has 1 N–H and O–H groups in total. The van der Waals surface area contributed by atoms with E-state index in [-0.39, 0.29) is 21.2 Å². The number of hydrogen-bond donors (Lipinski definition) is 1. The first-order valence-corrected chi connectivity index (χ1v) is 11.4. The molecule has 0 aliphatic heterocycles. The lowest BCUT2D eigenvalue weighted by Crippen LogP contribution is -2.12. The van der Waals surface area contributed by atoms with E-state index in [9.17, 15) is 17.6 Å². The summed E-state index contributed by atoms with van der Waals surface area (Å²) in [5.74, 6) is -0.642. The SMILES string of the molecule is CS(=O)(=O)c1cc(Cl)cc(NC(=O)c2cnn(-c3ncccc3-c3cncc(F)c3)c2)c1. The van der Waals surface area contributed by atoms with E-state index >= 15 is 0 Å². The van der Waals surface area contributed by atoms with Crippen LogP contribution >= 0.6 is 11.6 Å². The molecule has 1 aromatic carbocycles. The fourth-order valence-electron chi connectivity index (χ4n) is 2.97. The minimum Gasteiger partial charge on any atom is -0.322 e. The molecule has 0 bridgehead atoms. The van der Waals surface area contributed by atoms with Crippen molar-refractivity contribution in [3.8, 4) is 16.9 Å². The summed E-state index contributed by atoms with van der Waals surface area (Å²) in [6.07, 6.45) is 7.98. The van der Waals surface area contributed by atoms with Crippen LogP contribution in [0.25, 0.3) is 16.9 Å². The fraction of sp³-hybridized carbons (Fsp3) is 0.0476. The topological polar surface area (TPSA) is 107 Å². The van der Waals surface area contributed by atoms with Crippen LogP contribution in [-0.2, 0) is 9.84 Å². The molecule has 1 amide bonds. The van der Waals surface area contributed by atoms with Crippen molar-refractivity contribution in [1.82, 2.24) is 19.7 Å². The van der Waals surface area contributed by atoms with Crippen molar-refractivity contribution in [1.29, 1.82) is 0 Å². The summed E-state index contributed by atoms with van der Waals surface area (Å²) >= 11 is 5.98. The highest BCUT2D eigenvalue weighted by molar-refractivity contribution is 7.90. The van der Waals surface area contributed by atoms with Crippen LogP contribution in [0.4, 0.5) is 10.1 Å². The standard InChI is InChI=1S/C21H15ClFN5O3S/c1-32(30,31)18-7-15(22)6-17(8-18)27-21(29)14-10-26-28(12-14)20-19(3-2-4-25-20)13-5-16(23)11-24-9-13/h2-12H,1H3,(H,27,29). The van der Waals surface area contributed by atoms with Gasteiger partial charge in [0.05, 0.1) is 22.9 Å². The highest BCUT2D eigenvalue weighted by Gasteiger charge is 2.16. The molecule has 0 saturated heterocycles. The van der Waals surface area contributed by atoms with Gasteiger partial charge in [0.2, 0.25) is 0 Å². The number of carbonyl (C=O) groups is 1. The fourth-order valence-corrected chi connectivity index (χ4v) is 3.95. The first-order valence-electron chi connectivity index (χ1n) is 9.14. The molecule has 0 radical (unpaired) electrons. The number of nitrogens with zero attached hydrogens (tertiary/aromatic N) is 4. The second-order valence-corrected chi connectivity index (χ2v) is 9.29. The van der Waals surface area contributed by atoms with E-state index in [4.69, 9.17) is 11.6 Å². The smallest absolute Gasteiger partial charge is 0.258 e. The molecule has 4 rings (SSSR count). The van der Waals surface area contributed by atoms with Crippen molar-refractivity contribution in [2.24, 2.45) is 0 Å². The molecule has 0 fully saturated rings. The zero-order valence-electron chi connectivity index (χ0n) is 16.5. The van der Waals surface area contributed by atoms with Crippen LogP contribution in [0.2, 0.25) is 5.02 Å². The third-order valence-electron chi connectivity index (χ3n) is 4.42. The Labute approximate surface area is 187 Å². The van der Waals surface area contributed by atoms with Crippen molar-refractivity contribution in [2.75, 3.05) is 11.6 Å². The molecule has 0 spiro atoms. The number of pyridine rings is 2. The summed E-state index contributed by atoms with van der Waals surface area (Å²) in [7, 11) is -3.51. The minimum absolute atomic E-state index is 0.0159. The van der Waals surface area contributed by atoms with Gasteiger partial charge in [-0.2, -0.15) is 5.10 Å². The maximum Gasteiger partial charge on any atom is 0.258 e. The Balaban J connectivity index is 1.63. The monoisotopic (exact) mass is 471 g/mol. The summed E-state index contributed by atoms with van der Waals surface area (Å²) in [4.78, 5) is 20.8. The number of nitrogens with one attached hydrogen (secondary N) is 1. The zero-order chi connectivity index (χ0) is 22.9. The summed E-state index contributed by atoms with van der Waals surface area (Å²) < 4.78 is 38.6. The van der Waals surface area contributed by atoms with Crippen molar-refractivity contribution in [2.45, 2.75) is 4.90 Å². The van der Waals surface area contributed by atoms with Gasteiger partial charge in [-0.25, -0.2) is 22.5 Å². The molecule has 3 heterocycles. The van der Waals surface area contributed by atoms with Crippen molar-refractivity contribution in [3.63, 3.8) is 0 Å². The van der Waals surface area contributed by atoms with E-state index < -0.39 is 21.6 Å². The number of sulfone groups is 1. The van der Waals surface area contributed by atoms with Gasteiger partial charge in [-0.3, -0.25) is 9.78 Å². The number of benzene rings is 1. The average molecular weight is 472 g/mol. The average Bonchev–Trinajstić information content (AvgIpc) is 3.23. The molecule has 3 aromatic heterocycles. The molecule has 162 valence electrons. The predicted molar refractivity (Wildman–Crippen MR) is 117 cm³/mol. The van der Waals surface area contributed by atoms with Gasteiger partial charge in [0, 0.05) is 46.7 Å². The third kappa shape index (κ3) is 4.66. The van der Waals surface area contributed by atoms with Crippen LogP contribution in [0.3, 0.4) is 0 Å². The highest BCUT2D eigenvalue weighted by atomic mass is 35.5. The number of rotatable bonds is 5. The summed E-state index contributed by atoms with van der Waals surface area (Å²) in [6, 6.07) is 8.81. The number of anilines is 1. The molecule has 0 saturated carbocycles. The third-order valence-corrected chi connectivity index (χ3v) is 5.73. The van der Waals surface area contributed by atoms with Gasteiger partial charge < -0.3 is 5.32 Å². The maximum absolute atomic E-state index is 13.6. The van der Waals surface area contributed by atoms with Crippen molar-refractivity contribution >= 4 is 33.0 Å². The van der Waals surface area contributed by atoms with Crippen LogP contribution in [0.15, 0.2) is 72.3 Å². The highest BCUT2D eigenvalue weighted by Crippen LogP contribution is 2.26. The number of hydrogen-bond acceptors (Lipinski definition) is 6. The van der Waals surface area contributed by atoms with Gasteiger partial charge in [-0.15, -0.1) is 0 Å². The lowest BCUT2D eigenvalue weighted by atomic mass is 10.1. The van der Waals surface area contributed by atoms with Crippen molar-refractivity contribution < 1.29 is 17.6 Å². The number of carbonyl (C=O) groups excluding carboxylic acids is 1. The quantitative estimate of drug-likeness (QED) is 0.474. The summed E-state index contributed by atoms with van der Waals surface area (Å²) in [5.41, 5.74) is 1.49. The van der Waals surface area contributed by atoms with Gasteiger partial charge in [0.15, 0.2) is 15.7 Å². The Hall–Kier alpha value is -3.63. The number of halogens is 2. The lowest BCUT2D eigenvalue weighted by molar-refractivity contribution is 0.102. The Kier molecular flexibility index (Phi) is 5.72.